The van der Waals surface area contributed by atoms with Crippen molar-refractivity contribution in [1.29, 1.82) is 0 Å². The fraction of sp³-hybridized carbons (Fsp3) is 0.471. The topological polar surface area (TPSA) is 86.7 Å². The van der Waals surface area contributed by atoms with Crippen LogP contribution < -0.4 is 5.32 Å². The highest BCUT2D eigenvalue weighted by Crippen LogP contribution is 2.18. The molecule has 1 rings (SSSR count). The molecule has 2 N–H and O–H groups in total. The minimum atomic E-state index is -1.11. The number of aliphatic carboxylic acids is 1. The Morgan fingerprint density at radius 3 is 2.30 bits per heavy atom. The molecule has 23 heavy (non-hydrogen) atoms. The Hall–Kier alpha value is -2.37. The quantitative estimate of drug-likeness (QED) is 0.802. The Bertz CT molecular complexity index is 596. The Labute approximate surface area is 136 Å². The second-order valence-corrected chi connectivity index (χ2v) is 5.82. The zero-order valence-corrected chi connectivity index (χ0v) is 14.0. The van der Waals surface area contributed by atoms with Gasteiger partial charge in [0.2, 0.25) is 11.8 Å². The number of rotatable bonds is 7. The summed E-state index contributed by atoms with van der Waals surface area (Å²) in [6.07, 6.45) is 0.776. The SMILES string of the molecule is Cc1ccc(C(NC(=O)CCCC(=O)N(C)C)C(=O)O)cc1C. The summed E-state index contributed by atoms with van der Waals surface area (Å²) in [5, 5.41) is 11.9. The second-order valence-electron chi connectivity index (χ2n) is 5.82. The van der Waals surface area contributed by atoms with Gasteiger partial charge in [-0.05, 0) is 37.0 Å². The van der Waals surface area contributed by atoms with E-state index >= 15 is 0 Å². The minimum absolute atomic E-state index is 0.0539. The van der Waals surface area contributed by atoms with E-state index in [4.69, 9.17) is 0 Å². The van der Waals surface area contributed by atoms with Crippen molar-refractivity contribution in [2.24, 2.45) is 0 Å². The molecule has 0 saturated carbocycles. The summed E-state index contributed by atoms with van der Waals surface area (Å²) in [5.41, 5.74) is 2.57. The van der Waals surface area contributed by atoms with Crippen LogP contribution in [0.1, 0.15) is 42.0 Å². The monoisotopic (exact) mass is 320 g/mol. The average Bonchev–Trinajstić information content (AvgIpc) is 2.47. The molecule has 0 fully saturated rings. The molecule has 6 heteroatoms. The van der Waals surface area contributed by atoms with Crippen LogP contribution in [0.5, 0.6) is 0 Å². The van der Waals surface area contributed by atoms with Gasteiger partial charge in [0.25, 0.3) is 0 Å². The van der Waals surface area contributed by atoms with E-state index in [-0.39, 0.29) is 24.7 Å². The summed E-state index contributed by atoms with van der Waals surface area (Å²) in [7, 11) is 3.31. The van der Waals surface area contributed by atoms with Crippen LogP contribution in [0.15, 0.2) is 18.2 Å². The molecule has 0 aliphatic rings. The summed E-state index contributed by atoms with van der Waals surface area (Å²) in [6, 6.07) is 4.23. The number of hydrogen-bond acceptors (Lipinski definition) is 3. The molecule has 0 aromatic heterocycles. The van der Waals surface area contributed by atoms with Crippen molar-refractivity contribution in [3.05, 3.63) is 34.9 Å². The molecule has 0 spiro atoms. The molecule has 0 heterocycles. The van der Waals surface area contributed by atoms with E-state index in [1.807, 2.05) is 19.9 Å². The maximum absolute atomic E-state index is 11.9. The van der Waals surface area contributed by atoms with Crippen LogP contribution in [0, 0.1) is 13.8 Å². The Morgan fingerprint density at radius 2 is 1.78 bits per heavy atom. The lowest BCUT2D eigenvalue weighted by molar-refractivity contribution is -0.142. The first kappa shape index (κ1) is 18.7. The third-order valence-electron chi connectivity index (χ3n) is 3.71. The molecular formula is C17H24N2O4. The highest BCUT2D eigenvalue weighted by molar-refractivity contribution is 5.85. The number of carboxylic acids is 1. The normalized spacial score (nSPS) is 11.7. The lowest BCUT2D eigenvalue weighted by atomic mass is 10.0. The third-order valence-corrected chi connectivity index (χ3v) is 3.71. The van der Waals surface area contributed by atoms with Crippen molar-refractivity contribution in [2.45, 2.75) is 39.2 Å². The van der Waals surface area contributed by atoms with Crippen LogP contribution in [-0.2, 0) is 14.4 Å². The fourth-order valence-corrected chi connectivity index (χ4v) is 2.09. The van der Waals surface area contributed by atoms with Gasteiger partial charge in [-0.2, -0.15) is 0 Å². The number of amides is 2. The Balaban J connectivity index is 2.65. The smallest absolute Gasteiger partial charge is 0.330 e. The highest BCUT2D eigenvalue weighted by Gasteiger charge is 2.22. The molecule has 1 atom stereocenters. The summed E-state index contributed by atoms with van der Waals surface area (Å²) < 4.78 is 0. The van der Waals surface area contributed by atoms with Gasteiger partial charge in [-0.1, -0.05) is 18.2 Å². The predicted octanol–water partition coefficient (Wildman–Crippen LogP) is 1.80. The van der Waals surface area contributed by atoms with Gasteiger partial charge in [0.15, 0.2) is 6.04 Å². The van der Waals surface area contributed by atoms with Crippen molar-refractivity contribution in [3.8, 4) is 0 Å². The number of nitrogens with one attached hydrogen (secondary N) is 1. The van der Waals surface area contributed by atoms with Gasteiger partial charge in [-0.15, -0.1) is 0 Å². The largest absolute Gasteiger partial charge is 0.479 e. The number of aryl methyl sites for hydroxylation is 2. The van der Waals surface area contributed by atoms with Crippen LogP contribution in [0.2, 0.25) is 0 Å². The van der Waals surface area contributed by atoms with Crippen molar-refractivity contribution in [3.63, 3.8) is 0 Å². The van der Waals surface area contributed by atoms with Crippen molar-refractivity contribution < 1.29 is 19.5 Å². The van der Waals surface area contributed by atoms with E-state index < -0.39 is 12.0 Å². The summed E-state index contributed by atoms with van der Waals surface area (Å²) in [5.74, 6) is -1.53. The summed E-state index contributed by atoms with van der Waals surface area (Å²) >= 11 is 0. The van der Waals surface area contributed by atoms with Gasteiger partial charge in [0.05, 0.1) is 0 Å². The Morgan fingerprint density at radius 1 is 1.13 bits per heavy atom. The van der Waals surface area contributed by atoms with Crippen LogP contribution >= 0.6 is 0 Å². The molecule has 1 aromatic carbocycles. The lowest BCUT2D eigenvalue weighted by Crippen LogP contribution is -2.33. The van der Waals surface area contributed by atoms with E-state index in [0.29, 0.717) is 12.0 Å². The number of carboxylic acid groups (broad SMARTS) is 1. The van der Waals surface area contributed by atoms with Gasteiger partial charge >= 0.3 is 5.97 Å². The maximum Gasteiger partial charge on any atom is 0.330 e. The molecule has 0 aliphatic heterocycles. The molecule has 0 saturated heterocycles. The van der Waals surface area contributed by atoms with E-state index in [0.717, 1.165) is 11.1 Å². The highest BCUT2D eigenvalue weighted by atomic mass is 16.4. The zero-order valence-electron chi connectivity index (χ0n) is 14.0. The second kappa shape index (κ2) is 8.31. The summed E-state index contributed by atoms with van der Waals surface area (Å²) in [4.78, 5) is 36.3. The average molecular weight is 320 g/mol. The molecule has 0 bridgehead atoms. The van der Waals surface area contributed by atoms with Gasteiger partial charge in [0.1, 0.15) is 0 Å². The third kappa shape index (κ3) is 5.73. The molecule has 1 unspecified atom stereocenters. The Kier molecular flexibility index (Phi) is 6.75. The predicted molar refractivity (Wildman–Crippen MR) is 87.0 cm³/mol. The molecule has 0 radical (unpaired) electrons. The van der Waals surface area contributed by atoms with Crippen molar-refractivity contribution in [1.82, 2.24) is 10.2 Å². The van der Waals surface area contributed by atoms with Crippen LogP contribution in [0.25, 0.3) is 0 Å². The van der Waals surface area contributed by atoms with Crippen LogP contribution in [0.4, 0.5) is 0 Å². The fourth-order valence-electron chi connectivity index (χ4n) is 2.09. The first-order chi connectivity index (χ1) is 10.7. The summed E-state index contributed by atoms with van der Waals surface area (Å²) in [6.45, 7) is 3.83. The van der Waals surface area contributed by atoms with E-state index in [1.54, 1.807) is 26.2 Å². The van der Waals surface area contributed by atoms with E-state index in [9.17, 15) is 19.5 Å². The van der Waals surface area contributed by atoms with Crippen molar-refractivity contribution >= 4 is 17.8 Å². The molecular weight excluding hydrogens is 296 g/mol. The van der Waals surface area contributed by atoms with Gasteiger partial charge in [0, 0.05) is 26.9 Å². The number of carbonyl (C=O) groups is 3. The standard InChI is InChI=1S/C17H24N2O4/c1-11-8-9-13(10-12(11)2)16(17(22)23)18-14(20)6-5-7-15(21)19(3)4/h8-10,16H,5-7H2,1-4H3,(H,18,20)(H,22,23). The van der Waals surface area contributed by atoms with Crippen LogP contribution in [0.3, 0.4) is 0 Å². The maximum atomic E-state index is 11.9. The first-order valence-corrected chi connectivity index (χ1v) is 7.52. The van der Waals surface area contributed by atoms with Crippen molar-refractivity contribution in [2.75, 3.05) is 14.1 Å². The molecule has 1 aromatic rings. The minimum Gasteiger partial charge on any atom is -0.479 e. The first-order valence-electron chi connectivity index (χ1n) is 7.52. The zero-order chi connectivity index (χ0) is 17.6. The number of hydrogen-bond donors (Lipinski definition) is 2. The number of benzene rings is 1. The molecule has 0 aliphatic carbocycles. The van der Waals surface area contributed by atoms with Gasteiger partial charge < -0.3 is 15.3 Å². The number of nitrogens with zero attached hydrogens (tertiary/aromatic N) is 1. The molecule has 126 valence electrons. The van der Waals surface area contributed by atoms with Gasteiger partial charge in [-0.25, -0.2) is 4.79 Å². The molecule has 6 nitrogen and oxygen atoms in total. The lowest BCUT2D eigenvalue weighted by Gasteiger charge is -2.16. The van der Waals surface area contributed by atoms with E-state index in [1.165, 1.54) is 4.90 Å². The molecule has 2 amide bonds. The van der Waals surface area contributed by atoms with Crippen LogP contribution in [-0.4, -0.2) is 41.9 Å². The van der Waals surface area contributed by atoms with Gasteiger partial charge in [-0.3, -0.25) is 9.59 Å². The number of carbonyl (C=O) groups excluding carboxylic acids is 2. The van der Waals surface area contributed by atoms with E-state index in [2.05, 4.69) is 5.32 Å².